The van der Waals surface area contributed by atoms with E-state index in [0.29, 0.717) is 23.9 Å². The highest BCUT2D eigenvalue weighted by atomic mass is 32.2. The van der Waals surface area contributed by atoms with Gasteiger partial charge in [0.2, 0.25) is 10.0 Å². The van der Waals surface area contributed by atoms with Gasteiger partial charge in [0.15, 0.2) is 5.82 Å². The van der Waals surface area contributed by atoms with E-state index in [4.69, 9.17) is 0 Å². The van der Waals surface area contributed by atoms with Crippen LogP contribution in [-0.4, -0.2) is 41.7 Å². The van der Waals surface area contributed by atoms with Gasteiger partial charge in [0.05, 0.1) is 6.26 Å². The molecule has 2 rings (SSSR count). The molecule has 0 spiro atoms. The molecule has 0 bridgehead atoms. The van der Waals surface area contributed by atoms with Gasteiger partial charge in [0.25, 0.3) is 0 Å². The largest absolute Gasteiger partial charge is 0.368 e. The summed E-state index contributed by atoms with van der Waals surface area (Å²) in [6.07, 6.45) is 3.61. The Bertz CT molecular complexity index is 791. The van der Waals surface area contributed by atoms with Gasteiger partial charge in [-0.15, -0.1) is 0 Å². The Kier molecular flexibility index (Phi) is 5.51. The van der Waals surface area contributed by atoms with Crippen molar-refractivity contribution >= 4 is 15.8 Å². The first-order valence-corrected chi connectivity index (χ1v) is 9.60. The van der Waals surface area contributed by atoms with Crippen molar-refractivity contribution < 1.29 is 8.42 Å². The monoisotopic (exact) mass is 349 g/mol. The molecule has 130 valence electrons. The van der Waals surface area contributed by atoms with Gasteiger partial charge in [-0.2, -0.15) is 0 Å². The maximum Gasteiger partial charge on any atom is 0.209 e. The van der Waals surface area contributed by atoms with Crippen molar-refractivity contribution in [2.45, 2.75) is 32.7 Å². The summed E-state index contributed by atoms with van der Waals surface area (Å²) in [5.41, 5.74) is 0.946. The van der Waals surface area contributed by atoms with E-state index in [0.717, 1.165) is 18.4 Å². The average molecular weight is 349 g/mol. The molecule has 7 nitrogen and oxygen atoms in total. The first-order chi connectivity index (χ1) is 11.2. The lowest BCUT2D eigenvalue weighted by Crippen LogP contribution is -2.47. The first-order valence-electron chi connectivity index (χ1n) is 7.71. The molecule has 0 atom stereocenters. The second-order valence-electron chi connectivity index (χ2n) is 6.25. The van der Waals surface area contributed by atoms with Crippen LogP contribution in [0.15, 0.2) is 30.5 Å². The molecule has 2 N–H and O–H groups in total. The second-order valence-corrected chi connectivity index (χ2v) is 8.00. The minimum Gasteiger partial charge on any atom is -0.368 e. The molecule has 0 aliphatic carbocycles. The molecular formula is C16H23N5O2S. The van der Waals surface area contributed by atoms with Crippen molar-refractivity contribution in [2.75, 3.05) is 18.1 Å². The van der Waals surface area contributed by atoms with Crippen molar-refractivity contribution in [2.24, 2.45) is 0 Å². The molecule has 2 heterocycles. The van der Waals surface area contributed by atoms with Crippen LogP contribution in [0.25, 0.3) is 11.5 Å². The van der Waals surface area contributed by atoms with E-state index in [-0.39, 0.29) is 0 Å². The van der Waals surface area contributed by atoms with Gasteiger partial charge in [-0.3, -0.25) is 4.98 Å². The number of pyridine rings is 1. The van der Waals surface area contributed by atoms with Gasteiger partial charge in [-0.25, -0.2) is 23.1 Å². The summed E-state index contributed by atoms with van der Waals surface area (Å²) in [6.45, 7) is 6.02. The van der Waals surface area contributed by atoms with Crippen LogP contribution < -0.4 is 10.0 Å². The van der Waals surface area contributed by atoms with Gasteiger partial charge < -0.3 is 5.32 Å². The lowest BCUT2D eigenvalue weighted by atomic mass is 10.1. The summed E-state index contributed by atoms with van der Waals surface area (Å²) in [6, 6.07) is 7.44. The predicted molar refractivity (Wildman–Crippen MR) is 95.2 cm³/mol. The molecule has 2 aromatic heterocycles. The highest BCUT2D eigenvalue weighted by Gasteiger charge is 2.22. The van der Waals surface area contributed by atoms with E-state index in [2.05, 4.69) is 25.0 Å². The first kappa shape index (κ1) is 18.3. The summed E-state index contributed by atoms with van der Waals surface area (Å²) in [4.78, 5) is 13.3. The molecule has 0 saturated carbocycles. The third-order valence-corrected chi connectivity index (χ3v) is 4.13. The number of nitrogens with zero attached hydrogens (tertiary/aromatic N) is 3. The van der Waals surface area contributed by atoms with Crippen LogP contribution in [0.5, 0.6) is 0 Å². The summed E-state index contributed by atoms with van der Waals surface area (Å²) >= 11 is 0. The number of hydrogen-bond acceptors (Lipinski definition) is 6. The van der Waals surface area contributed by atoms with Gasteiger partial charge in [-0.1, -0.05) is 13.0 Å². The quantitative estimate of drug-likeness (QED) is 0.792. The number of nitrogens with one attached hydrogen (secondary N) is 2. The van der Waals surface area contributed by atoms with E-state index in [1.165, 1.54) is 0 Å². The SMILES string of the molecule is CCc1cc(NCC(C)(C)NS(C)(=O)=O)nc(-c2ccccn2)n1. The van der Waals surface area contributed by atoms with Gasteiger partial charge in [0, 0.05) is 30.0 Å². The van der Waals surface area contributed by atoms with Crippen LogP contribution in [0.1, 0.15) is 26.5 Å². The number of aromatic nitrogens is 3. The lowest BCUT2D eigenvalue weighted by molar-refractivity contribution is 0.476. The molecule has 8 heteroatoms. The number of aryl methyl sites for hydroxylation is 1. The molecule has 0 aromatic carbocycles. The summed E-state index contributed by atoms with van der Waals surface area (Å²) in [7, 11) is -3.28. The molecule has 0 saturated heterocycles. The number of hydrogen-bond donors (Lipinski definition) is 2. The molecule has 0 amide bonds. The number of sulfonamides is 1. The smallest absolute Gasteiger partial charge is 0.209 e. The standard InChI is InChI=1S/C16H23N5O2S/c1-5-12-10-14(18-11-16(2,3)21-24(4,22)23)20-15(19-12)13-8-6-7-9-17-13/h6-10,21H,5,11H2,1-4H3,(H,18,19,20). The van der Waals surface area contributed by atoms with Crippen molar-refractivity contribution in [3.05, 3.63) is 36.2 Å². The molecule has 2 aromatic rings. The van der Waals surface area contributed by atoms with Gasteiger partial charge >= 0.3 is 0 Å². The third-order valence-electron chi connectivity index (χ3n) is 3.21. The minimum absolute atomic E-state index is 0.391. The zero-order chi connectivity index (χ0) is 17.8. The fourth-order valence-corrected chi connectivity index (χ4v) is 3.30. The van der Waals surface area contributed by atoms with E-state index in [9.17, 15) is 8.42 Å². The average Bonchev–Trinajstić information content (AvgIpc) is 2.51. The zero-order valence-electron chi connectivity index (χ0n) is 14.4. The topological polar surface area (TPSA) is 96.9 Å². The Morgan fingerprint density at radius 1 is 1.21 bits per heavy atom. The normalized spacial score (nSPS) is 12.2. The van der Waals surface area contributed by atoms with E-state index in [1.807, 2.05) is 45.0 Å². The molecule has 0 fully saturated rings. The minimum atomic E-state index is -3.28. The fraction of sp³-hybridized carbons (Fsp3) is 0.438. The summed E-state index contributed by atoms with van der Waals surface area (Å²) in [5.74, 6) is 1.19. The van der Waals surface area contributed by atoms with Gasteiger partial charge in [0.1, 0.15) is 11.5 Å². The van der Waals surface area contributed by atoms with Crippen LogP contribution in [-0.2, 0) is 16.4 Å². The maximum absolute atomic E-state index is 11.4. The van der Waals surface area contributed by atoms with Crippen LogP contribution in [0, 0.1) is 0 Å². The third kappa shape index (κ3) is 5.54. The summed E-state index contributed by atoms with van der Waals surface area (Å²) < 4.78 is 25.4. The van der Waals surface area contributed by atoms with Crippen molar-refractivity contribution in [3.63, 3.8) is 0 Å². The highest BCUT2D eigenvalue weighted by Crippen LogP contribution is 2.17. The Morgan fingerprint density at radius 3 is 2.54 bits per heavy atom. The van der Waals surface area contributed by atoms with E-state index < -0.39 is 15.6 Å². The van der Waals surface area contributed by atoms with E-state index in [1.54, 1.807) is 6.20 Å². The Morgan fingerprint density at radius 2 is 1.96 bits per heavy atom. The predicted octanol–water partition coefficient (Wildman–Crippen LogP) is 1.84. The molecule has 0 radical (unpaired) electrons. The maximum atomic E-state index is 11.4. The van der Waals surface area contributed by atoms with Crippen molar-refractivity contribution in [1.29, 1.82) is 0 Å². The molecule has 0 aliphatic rings. The Labute approximate surface area is 143 Å². The number of rotatable bonds is 7. The molecular weight excluding hydrogens is 326 g/mol. The van der Waals surface area contributed by atoms with Crippen molar-refractivity contribution in [1.82, 2.24) is 19.7 Å². The van der Waals surface area contributed by atoms with Crippen LogP contribution in [0.4, 0.5) is 5.82 Å². The second kappa shape index (κ2) is 7.23. The number of anilines is 1. The van der Waals surface area contributed by atoms with Crippen LogP contribution in [0.3, 0.4) is 0 Å². The Balaban J connectivity index is 2.21. The lowest BCUT2D eigenvalue weighted by Gasteiger charge is -2.25. The van der Waals surface area contributed by atoms with Crippen LogP contribution >= 0.6 is 0 Å². The van der Waals surface area contributed by atoms with Gasteiger partial charge in [-0.05, 0) is 32.4 Å². The molecule has 0 unspecified atom stereocenters. The van der Waals surface area contributed by atoms with Crippen LogP contribution in [0.2, 0.25) is 0 Å². The molecule has 0 aliphatic heterocycles. The summed E-state index contributed by atoms with van der Waals surface area (Å²) in [5, 5.41) is 3.19. The fourth-order valence-electron chi connectivity index (χ4n) is 2.23. The van der Waals surface area contributed by atoms with E-state index >= 15 is 0 Å². The highest BCUT2D eigenvalue weighted by molar-refractivity contribution is 7.88. The Hall–Kier alpha value is -2.06. The molecule has 24 heavy (non-hydrogen) atoms. The van der Waals surface area contributed by atoms with Crippen molar-refractivity contribution in [3.8, 4) is 11.5 Å². The zero-order valence-corrected chi connectivity index (χ0v) is 15.2.